The van der Waals surface area contributed by atoms with Crippen LogP contribution in [0.5, 0.6) is 17.2 Å². The van der Waals surface area contributed by atoms with Gasteiger partial charge in [-0.1, -0.05) is 72.8 Å². The molecule has 0 saturated carbocycles. The third-order valence-electron chi connectivity index (χ3n) is 4.22. The van der Waals surface area contributed by atoms with Gasteiger partial charge in [0.25, 0.3) is 0 Å². The first-order valence-corrected chi connectivity index (χ1v) is 8.51. The summed E-state index contributed by atoms with van der Waals surface area (Å²) < 4.78 is 6.17. The van der Waals surface area contributed by atoms with Crippen molar-refractivity contribution in [2.24, 2.45) is 0 Å². The molecule has 0 atom stereocenters. The van der Waals surface area contributed by atoms with E-state index in [-0.39, 0.29) is 5.75 Å². The van der Waals surface area contributed by atoms with E-state index >= 15 is 0 Å². The van der Waals surface area contributed by atoms with Crippen LogP contribution in [0.4, 0.5) is 0 Å². The molecule has 0 amide bonds. The third-order valence-corrected chi connectivity index (χ3v) is 4.22. The monoisotopic (exact) mass is 338 g/mol. The Hall–Kier alpha value is -3.52. The quantitative estimate of drug-likeness (QED) is 0.459. The average molecular weight is 338 g/mol. The average Bonchev–Trinajstić information content (AvgIpc) is 2.71. The highest BCUT2D eigenvalue weighted by molar-refractivity contribution is 5.73. The SMILES string of the molecule is Oc1ccc(Oc2cccc(-c3ccccc3)c2)c(-c2ccccc2)c1. The number of benzene rings is 4. The minimum atomic E-state index is 0.217. The Morgan fingerprint density at radius 1 is 0.538 bits per heavy atom. The normalized spacial score (nSPS) is 10.5. The molecule has 2 nitrogen and oxygen atoms in total. The van der Waals surface area contributed by atoms with Gasteiger partial charge < -0.3 is 9.84 Å². The number of phenols is 1. The lowest BCUT2D eigenvalue weighted by Gasteiger charge is -2.13. The van der Waals surface area contributed by atoms with Crippen LogP contribution in [0.25, 0.3) is 22.3 Å². The molecule has 0 spiro atoms. The van der Waals surface area contributed by atoms with Gasteiger partial charge in [0, 0.05) is 5.56 Å². The Balaban J connectivity index is 1.70. The zero-order chi connectivity index (χ0) is 17.8. The number of hydrogen-bond donors (Lipinski definition) is 1. The Bertz CT molecular complexity index is 1010. The Labute approximate surface area is 153 Å². The van der Waals surface area contributed by atoms with Crippen LogP contribution in [0.1, 0.15) is 0 Å². The highest BCUT2D eigenvalue weighted by Crippen LogP contribution is 2.36. The lowest BCUT2D eigenvalue weighted by atomic mass is 10.0. The van der Waals surface area contributed by atoms with Gasteiger partial charge in [0.15, 0.2) is 0 Å². The number of phenolic OH excluding ortho intramolecular Hbond substituents is 1. The summed E-state index contributed by atoms with van der Waals surface area (Å²) in [5, 5.41) is 9.90. The Morgan fingerprint density at radius 2 is 1.19 bits per heavy atom. The molecule has 126 valence electrons. The molecule has 26 heavy (non-hydrogen) atoms. The van der Waals surface area contributed by atoms with Crippen molar-refractivity contribution >= 4 is 0 Å². The summed E-state index contributed by atoms with van der Waals surface area (Å²) in [5.41, 5.74) is 4.10. The second-order valence-electron chi connectivity index (χ2n) is 6.04. The Kier molecular flexibility index (Phi) is 4.40. The van der Waals surface area contributed by atoms with Crippen molar-refractivity contribution in [3.05, 3.63) is 103 Å². The molecule has 2 heteroatoms. The van der Waals surface area contributed by atoms with Gasteiger partial charge in [-0.15, -0.1) is 0 Å². The number of rotatable bonds is 4. The van der Waals surface area contributed by atoms with Crippen molar-refractivity contribution in [3.8, 4) is 39.5 Å². The number of hydrogen-bond acceptors (Lipinski definition) is 2. The van der Waals surface area contributed by atoms with Crippen molar-refractivity contribution in [2.75, 3.05) is 0 Å². The number of ether oxygens (including phenoxy) is 1. The maximum atomic E-state index is 9.90. The summed E-state index contributed by atoms with van der Waals surface area (Å²) in [5.74, 6) is 1.68. The highest BCUT2D eigenvalue weighted by atomic mass is 16.5. The van der Waals surface area contributed by atoms with Crippen LogP contribution in [0.3, 0.4) is 0 Å². The maximum Gasteiger partial charge on any atom is 0.135 e. The van der Waals surface area contributed by atoms with Gasteiger partial charge in [-0.2, -0.15) is 0 Å². The van der Waals surface area contributed by atoms with E-state index in [4.69, 9.17) is 4.74 Å². The van der Waals surface area contributed by atoms with Crippen molar-refractivity contribution < 1.29 is 9.84 Å². The van der Waals surface area contributed by atoms with Crippen molar-refractivity contribution in [1.82, 2.24) is 0 Å². The van der Waals surface area contributed by atoms with Crippen molar-refractivity contribution in [1.29, 1.82) is 0 Å². The topological polar surface area (TPSA) is 29.5 Å². The van der Waals surface area contributed by atoms with Gasteiger partial charge in [0.05, 0.1) is 0 Å². The van der Waals surface area contributed by atoms with Crippen molar-refractivity contribution in [3.63, 3.8) is 0 Å². The van der Waals surface area contributed by atoms with Gasteiger partial charge in [-0.3, -0.25) is 0 Å². The van der Waals surface area contributed by atoms with E-state index in [9.17, 15) is 5.11 Å². The van der Waals surface area contributed by atoms with Gasteiger partial charge in [-0.05, 0) is 47.0 Å². The molecule has 0 aromatic heterocycles. The lowest BCUT2D eigenvalue weighted by molar-refractivity contribution is 0.466. The zero-order valence-electron chi connectivity index (χ0n) is 14.2. The molecule has 4 rings (SSSR count). The molecule has 0 aliphatic heterocycles. The standard InChI is InChI=1S/C24H18O2/c25-21-14-15-24(23(17-21)19-10-5-2-6-11-19)26-22-13-7-12-20(16-22)18-8-3-1-4-9-18/h1-17,25H. The van der Waals surface area contributed by atoms with E-state index in [2.05, 4.69) is 18.2 Å². The van der Waals surface area contributed by atoms with E-state index in [1.165, 1.54) is 0 Å². The van der Waals surface area contributed by atoms with E-state index in [0.29, 0.717) is 5.75 Å². The van der Waals surface area contributed by atoms with Crippen LogP contribution in [0.2, 0.25) is 0 Å². The molecule has 0 unspecified atom stereocenters. The van der Waals surface area contributed by atoms with E-state index < -0.39 is 0 Å². The summed E-state index contributed by atoms with van der Waals surface area (Å²) in [6, 6.07) is 33.3. The first kappa shape index (κ1) is 16.0. The summed E-state index contributed by atoms with van der Waals surface area (Å²) in [4.78, 5) is 0. The van der Waals surface area contributed by atoms with Gasteiger partial charge >= 0.3 is 0 Å². The second-order valence-corrected chi connectivity index (χ2v) is 6.04. The minimum Gasteiger partial charge on any atom is -0.508 e. The molecular formula is C24H18O2. The molecular weight excluding hydrogens is 320 g/mol. The van der Waals surface area contributed by atoms with Crippen LogP contribution >= 0.6 is 0 Å². The number of aromatic hydroxyl groups is 1. The summed E-state index contributed by atoms with van der Waals surface area (Å²) in [7, 11) is 0. The fraction of sp³-hybridized carbons (Fsp3) is 0. The fourth-order valence-electron chi connectivity index (χ4n) is 2.95. The van der Waals surface area contributed by atoms with Crippen LogP contribution in [-0.2, 0) is 0 Å². The maximum absolute atomic E-state index is 9.90. The van der Waals surface area contributed by atoms with Crippen LogP contribution in [-0.4, -0.2) is 5.11 Å². The largest absolute Gasteiger partial charge is 0.508 e. The van der Waals surface area contributed by atoms with Crippen LogP contribution in [0, 0.1) is 0 Å². The first-order valence-electron chi connectivity index (χ1n) is 8.51. The van der Waals surface area contributed by atoms with Gasteiger partial charge in [0.2, 0.25) is 0 Å². The minimum absolute atomic E-state index is 0.217. The van der Waals surface area contributed by atoms with Crippen molar-refractivity contribution in [2.45, 2.75) is 0 Å². The molecule has 0 saturated heterocycles. The van der Waals surface area contributed by atoms with Gasteiger partial charge in [-0.25, -0.2) is 0 Å². The molecule has 4 aromatic rings. The smallest absolute Gasteiger partial charge is 0.135 e. The second kappa shape index (κ2) is 7.16. The molecule has 0 aliphatic carbocycles. The molecule has 0 bridgehead atoms. The van der Waals surface area contributed by atoms with E-state index in [0.717, 1.165) is 28.0 Å². The summed E-state index contributed by atoms with van der Waals surface area (Å²) >= 11 is 0. The van der Waals surface area contributed by atoms with Crippen LogP contribution in [0.15, 0.2) is 103 Å². The van der Waals surface area contributed by atoms with Crippen LogP contribution < -0.4 is 4.74 Å². The fourth-order valence-corrected chi connectivity index (χ4v) is 2.95. The predicted molar refractivity (Wildman–Crippen MR) is 105 cm³/mol. The van der Waals surface area contributed by atoms with E-state index in [1.54, 1.807) is 18.2 Å². The van der Waals surface area contributed by atoms with E-state index in [1.807, 2.05) is 66.7 Å². The molecule has 0 radical (unpaired) electrons. The zero-order valence-corrected chi connectivity index (χ0v) is 14.2. The molecule has 0 aliphatic rings. The molecule has 0 heterocycles. The summed E-state index contributed by atoms with van der Waals surface area (Å²) in [6.07, 6.45) is 0. The molecule has 1 N–H and O–H groups in total. The first-order chi connectivity index (χ1) is 12.8. The summed E-state index contributed by atoms with van der Waals surface area (Å²) in [6.45, 7) is 0. The van der Waals surface area contributed by atoms with Gasteiger partial charge in [0.1, 0.15) is 17.2 Å². The Morgan fingerprint density at radius 3 is 1.92 bits per heavy atom. The highest BCUT2D eigenvalue weighted by Gasteiger charge is 2.09. The molecule has 4 aromatic carbocycles. The predicted octanol–water partition coefficient (Wildman–Crippen LogP) is 6.52. The lowest BCUT2D eigenvalue weighted by Crippen LogP contribution is -1.89. The molecule has 0 fully saturated rings. The third kappa shape index (κ3) is 3.45.